The van der Waals surface area contributed by atoms with Crippen molar-refractivity contribution in [2.45, 2.75) is 31.1 Å². The van der Waals surface area contributed by atoms with Crippen LogP contribution in [0.2, 0.25) is 0 Å². The average Bonchev–Trinajstić information content (AvgIpc) is 3.38. The van der Waals surface area contributed by atoms with E-state index in [-0.39, 0.29) is 17.0 Å². The van der Waals surface area contributed by atoms with E-state index in [1.807, 2.05) is 32.0 Å². The number of halogens is 2. The second-order valence-corrected chi connectivity index (χ2v) is 10.2. The minimum Gasteiger partial charge on any atom is -0.366 e. The molecule has 3 aromatic rings. The van der Waals surface area contributed by atoms with E-state index in [2.05, 4.69) is 10.1 Å². The van der Waals surface area contributed by atoms with Crippen molar-refractivity contribution in [2.24, 2.45) is 5.73 Å². The van der Waals surface area contributed by atoms with Crippen molar-refractivity contribution in [3.05, 3.63) is 65.5 Å². The van der Waals surface area contributed by atoms with Crippen LogP contribution in [-0.2, 0) is 14.8 Å². The molecule has 0 saturated carbocycles. The molecule has 11 heteroatoms. The van der Waals surface area contributed by atoms with Gasteiger partial charge in [0.15, 0.2) is 5.82 Å². The Bertz CT molecular complexity index is 1360. The Morgan fingerprint density at radius 1 is 1.12 bits per heavy atom. The molecule has 1 amide bonds. The number of hydrogen-bond donors (Lipinski definition) is 1. The fourth-order valence-electron chi connectivity index (χ4n) is 3.85. The van der Waals surface area contributed by atoms with Gasteiger partial charge in [-0.05, 0) is 43.7 Å². The summed E-state index contributed by atoms with van der Waals surface area (Å²) in [4.78, 5) is 16.3. The molecule has 2 N–H and O–H groups in total. The Labute approximate surface area is 195 Å². The van der Waals surface area contributed by atoms with Crippen LogP contribution in [0.4, 0.5) is 8.78 Å². The van der Waals surface area contributed by atoms with Gasteiger partial charge in [0.2, 0.25) is 10.0 Å². The molecular weight excluding hydrogens is 464 g/mol. The van der Waals surface area contributed by atoms with E-state index in [4.69, 9.17) is 5.73 Å². The van der Waals surface area contributed by atoms with Crippen LogP contribution in [0.5, 0.6) is 0 Å². The highest BCUT2D eigenvalue weighted by Crippen LogP contribution is 2.31. The zero-order valence-corrected chi connectivity index (χ0v) is 19.4. The van der Waals surface area contributed by atoms with Crippen molar-refractivity contribution in [3.8, 4) is 11.4 Å². The van der Waals surface area contributed by atoms with Crippen LogP contribution in [0, 0.1) is 13.8 Å². The smallest absolute Gasteiger partial charge is 0.262 e. The number of hydrogen-bond acceptors (Lipinski definition) is 5. The second-order valence-electron chi connectivity index (χ2n) is 8.30. The molecule has 0 bridgehead atoms. The van der Waals surface area contributed by atoms with Crippen LogP contribution >= 0.6 is 0 Å². The third-order valence-corrected chi connectivity index (χ3v) is 7.31. The van der Waals surface area contributed by atoms with Crippen molar-refractivity contribution in [1.29, 1.82) is 0 Å². The molecule has 2 heterocycles. The molecule has 178 valence electrons. The number of rotatable bonds is 6. The number of nitrogens with zero attached hydrogens (tertiary/aromatic N) is 4. The summed E-state index contributed by atoms with van der Waals surface area (Å²) >= 11 is 0. The van der Waals surface area contributed by atoms with Crippen LogP contribution in [-0.4, -0.2) is 52.4 Å². The van der Waals surface area contributed by atoms with Gasteiger partial charge in [0.25, 0.3) is 11.8 Å². The van der Waals surface area contributed by atoms with Gasteiger partial charge in [0.1, 0.15) is 6.33 Å². The first kappa shape index (κ1) is 23.7. The van der Waals surface area contributed by atoms with Crippen molar-refractivity contribution in [2.75, 3.05) is 13.1 Å². The maximum atomic E-state index is 13.5. The van der Waals surface area contributed by atoms with Crippen LogP contribution in [0.1, 0.15) is 23.1 Å². The van der Waals surface area contributed by atoms with Crippen molar-refractivity contribution >= 4 is 27.7 Å². The second kappa shape index (κ2) is 8.73. The van der Waals surface area contributed by atoms with E-state index in [9.17, 15) is 22.0 Å². The Kier molecular flexibility index (Phi) is 6.09. The Hall–Kier alpha value is -3.44. The van der Waals surface area contributed by atoms with Gasteiger partial charge in [-0.2, -0.15) is 4.31 Å². The van der Waals surface area contributed by atoms with E-state index < -0.39 is 34.8 Å². The number of sulfonamides is 1. The molecule has 34 heavy (non-hydrogen) atoms. The minimum absolute atomic E-state index is 0.0773. The van der Waals surface area contributed by atoms with Crippen LogP contribution in [0.3, 0.4) is 0 Å². The summed E-state index contributed by atoms with van der Waals surface area (Å²) in [5, 5.41) is 4.38. The summed E-state index contributed by atoms with van der Waals surface area (Å²) in [7, 11) is -4.08. The molecule has 1 aromatic heterocycles. The van der Waals surface area contributed by atoms with E-state index in [1.165, 1.54) is 41.5 Å². The van der Waals surface area contributed by atoms with Gasteiger partial charge in [0, 0.05) is 24.7 Å². The quantitative estimate of drug-likeness (QED) is 0.537. The van der Waals surface area contributed by atoms with Gasteiger partial charge < -0.3 is 5.73 Å². The zero-order chi connectivity index (χ0) is 24.7. The lowest BCUT2D eigenvalue weighted by Gasteiger charge is -2.16. The van der Waals surface area contributed by atoms with E-state index in [1.54, 1.807) is 0 Å². The first-order chi connectivity index (χ1) is 15.9. The lowest BCUT2D eigenvalue weighted by atomic mass is 10.1. The normalized spacial score (nSPS) is 16.6. The Balaban J connectivity index is 1.61. The number of primary amides is 1. The molecule has 0 radical (unpaired) electrons. The van der Waals surface area contributed by atoms with Gasteiger partial charge in [-0.15, -0.1) is 5.10 Å². The summed E-state index contributed by atoms with van der Waals surface area (Å²) in [6.07, 6.45) is 2.31. The van der Waals surface area contributed by atoms with Gasteiger partial charge >= 0.3 is 0 Å². The molecule has 4 rings (SSSR count). The van der Waals surface area contributed by atoms with Crippen molar-refractivity contribution < 1.29 is 22.0 Å². The highest BCUT2D eigenvalue weighted by Gasteiger charge is 2.43. The van der Waals surface area contributed by atoms with Crippen LogP contribution < -0.4 is 5.73 Å². The van der Waals surface area contributed by atoms with Gasteiger partial charge in [0.05, 0.1) is 17.0 Å². The highest BCUT2D eigenvalue weighted by molar-refractivity contribution is 7.89. The fraction of sp³-hybridized carbons (Fsp3) is 0.261. The number of carbonyl (C=O) groups excluding carboxylic acids is 1. The lowest BCUT2D eigenvalue weighted by Crippen LogP contribution is -2.31. The number of benzene rings is 2. The number of aromatic nitrogens is 3. The standard InChI is InChI=1S/C23H23F2N5O3S/c1-15-9-16(2)11-18(10-15)22-27-14-29(28-22)12-20(21(26)31)17-3-5-19(6-4-17)34(32,33)30-8-7-23(24,25)13-30/h3-6,9-12,14H,7-8,13H2,1-2H3,(H2,26,31)/b20-12+. The fourth-order valence-corrected chi connectivity index (χ4v) is 5.32. The average molecular weight is 488 g/mol. The number of aryl methyl sites for hydroxylation is 2. The maximum Gasteiger partial charge on any atom is 0.262 e. The van der Waals surface area contributed by atoms with E-state index in [0.717, 1.165) is 21.0 Å². The number of alkyl halides is 2. The summed E-state index contributed by atoms with van der Waals surface area (Å²) in [5.74, 6) is -3.32. The first-order valence-corrected chi connectivity index (χ1v) is 11.9. The molecule has 1 aliphatic rings. The summed E-state index contributed by atoms with van der Waals surface area (Å²) in [6.45, 7) is 2.84. The van der Waals surface area contributed by atoms with Gasteiger partial charge in [-0.25, -0.2) is 26.9 Å². The number of amides is 1. The zero-order valence-electron chi connectivity index (χ0n) is 18.6. The molecule has 0 aliphatic carbocycles. The third kappa shape index (κ3) is 4.90. The maximum absolute atomic E-state index is 13.5. The van der Waals surface area contributed by atoms with Gasteiger partial charge in [-0.1, -0.05) is 29.3 Å². The predicted octanol–water partition coefficient (Wildman–Crippen LogP) is 3.08. The number of nitrogens with two attached hydrogens (primary N) is 1. The molecule has 0 unspecified atom stereocenters. The van der Waals surface area contributed by atoms with Crippen molar-refractivity contribution in [3.63, 3.8) is 0 Å². The molecule has 1 fully saturated rings. The molecule has 0 spiro atoms. The van der Waals surface area contributed by atoms with Crippen LogP contribution in [0.25, 0.3) is 23.2 Å². The number of carbonyl (C=O) groups is 1. The molecule has 8 nitrogen and oxygen atoms in total. The third-order valence-electron chi connectivity index (χ3n) is 5.45. The molecule has 1 saturated heterocycles. The molecule has 0 atom stereocenters. The lowest BCUT2D eigenvalue weighted by molar-refractivity contribution is -0.112. The van der Waals surface area contributed by atoms with E-state index in [0.29, 0.717) is 11.4 Å². The Morgan fingerprint density at radius 2 is 1.76 bits per heavy atom. The Morgan fingerprint density at radius 3 is 2.32 bits per heavy atom. The molecule has 1 aliphatic heterocycles. The molecular formula is C23H23F2N5O3S. The van der Waals surface area contributed by atoms with Crippen molar-refractivity contribution in [1.82, 2.24) is 19.1 Å². The molecule has 2 aromatic carbocycles. The monoisotopic (exact) mass is 487 g/mol. The van der Waals surface area contributed by atoms with Crippen LogP contribution in [0.15, 0.2) is 53.7 Å². The summed E-state index contributed by atoms with van der Waals surface area (Å²) in [5.41, 5.74) is 8.93. The highest BCUT2D eigenvalue weighted by atomic mass is 32.2. The summed E-state index contributed by atoms with van der Waals surface area (Å²) < 4.78 is 54.4. The predicted molar refractivity (Wildman–Crippen MR) is 123 cm³/mol. The van der Waals surface area contributed by atoms with E-state index >= 15 is 0 Å². The largest absolute Gasteiger partial charge is 0.366 e. The topological polar surface area (TPSA) is 111 Å². The van der Waals surface area contributed by atoms with Gasteiger partial charge in [-0.3, -0.25) is 4.79 Å². The summed E-state index contributed by atoms with van der Waals surface area (Å²) in [6, 6.07) is 11.3. The minimum atomic E-state index is -4.08. The first-order valence-electron chi connectivity index (χ1n) is 10.4. The SMILES string of the molecule is Cc1cc(C)cc(-c2ncn(/C=C(/C(N)=O)c3ccc(S(=O)(=O)N4CCC(F)(F)C4)cc3)n2)c1.